The van der Waals surface area contributed by atoms with Crippen LogP contribution >= 0.6 is 11.6 Å². The molecule has 9 heteroatoms. The smallest absolute Gasteiger partial charge is 0.326 e. The second kappa shape index (κ2) is 5.66. The van der Waals surface area contributed by atoms with E-state index in [9.17, 15) is 24.8 Å². The number of carbonyl (C=O) groups is 2. The highest BCUT2D eigenvalue weighted by Gasteiger charge is 2.39. The van der Waals surface area contributed by atoms with Gasteiger partial charge in [0.15, 0.2) is 0 Å². The molecule has 0 bridgehead atoms. The van der Waals surface area contributed by atoms with E-state index in [0.717, 1.165) is 11.0 Å². The van der Waals surface area contributed by atoms with Gasteiger partial charge in [0.2, 0.25) is 0 Å². The van der Waals surface area contributed by atoms with E-state index in [1.807, 2.05) is 0 Å². The van der Waals surface area contributed by atoms with Crippen molar-refractivity contribution in [3.05, 3.63) is 38.9 Å². The number of nitro groups is 1. The van der Waals surface area contributed by atoms with E-state index in [1.54, 1.807) is 0 Å². The number of aliphatic carboxylic acids is 1. The third kappa shape index (κ3) is 2.96. The van der Waals surface area contributed by atoms with Gasteiger partial charge in [-0.2, -0.15) is 0 Å². The Hall–Kier alpha value is -2.19. The van der Waals surface area contributed by atoms with Gasteiger partial charge in [0.1, 0.15) is 11.1 Å². The maximum absolute atomic E-state index is 12.3. The molecule has 0 spiro atoms. The molecular weight excluding hydrogens is 304 g/mol. The van der Waals surface area contributed by atoms with Crippen LogP contribution in [0.25, 0.3) is 0 Å². The van der Waals surface area contributed by atoms with Crippen LogP contribution in [0.3, 0.4) is 0 Å². The van der Waals surface area contributed by atoms with Crippen LogP contribution in [0, 0.1) is 10.1 Å². The van der Waals surface area contributed by atoms with Gasteiger partial charge >= 0.3 is 5.97 Å². The SMILES string of the molecule is O=C(O)[C@H]1C[C@@H](O)CN1C(=O)c1ccc(Cl)c([N+](=O)[O-])c1. The molecule has 2 atom stereocenters. The maximum atomic E-state index is 12.3. The average molecular weight is 315 g/mol. The summed E-state index contributed by atoms with van der Waals surface area (Å²) in [7, 11) is 0. The summed E-state index contributed by atoms with van der Waals surface area (Å²) in [6.07, 6.45) is -1.01. The molecule has 1 amide bonds. The lowest BCUT2D eigenvalue weighted by Crippen LogP contribution is -2.40. The highest BCUT2D eigenvalue weighted by Crippen LogP contribution is 2.27. The van der Waals surface area contributed by atoms with Crippen LogP contribution in [0.1, 0.15) is 16.8 Å². The van der Waals surface area contributed by atoms with Crippen molar-refractivity contribution in [1.29, 1.82) is 0 Å². The van der Waals surface area contributed by atoms with E-state index in [0.29, 0.717) is 0 Å². The number of nitro benzene ring substituents is 1. The van der Waals surface area contributed by atoms with Crippen molar-refractivity contribution in [1.82, 2.24) is 4.90 Å². The van der Waals surface area contributed by atoms with Gasteiger partial charge in [-0.3, -0.25) is 14.9 Å². The highest BCUT2D eigenvalue weighted by molar-refractivity contribution is 6.32. The van der Waals surface area contributed by atoms with Gasteiger partial charge in [0, 0.05) is 24.6 Å². The first-order chi connectivity index (χ1) is 9.81. The quantitative estimate of drug-likeness (QED) is 0.631. The van der Waals surface area contributed by atoms with E-state index < -0.39 is 34.6 Å². The molecule has 1 aliphatic heterocycles. The van der Waals surface area contributed by atoms with E-state index in [4.69, 9.17) is 16.7 Å². The topological polar surface area (TPSA) is 121 Å². The summed E-state index contributed by atoms with van der Waals surface area (Å²) in [6, 6.07) is 2.33. The molecule has 1 heterocycles. The number of rotatable bonds is 3. The van der Waals surface area contributed by atoms with Crippen molar-refractivity contribution >= 4 is 29.2 Å². The Morgan fingerprint density at radius 3 is 2.67 bits per heavy atom. The molecular formula is C12H11ClN2O6. The summed E-state index contributed by atoms with van der Waals surface area (Å²) < 4.78 is 0. The zero-order valence-corrected chi connectivity index (χ0v) is 11.4. The summed E-state index contributed by atoms with van der Waals surface area (Å²) in [5.41, 5.74) is -0.486. The Kier molecular flexibility index (Phi) is 4.10. The number of likely N-dealkylation sites (tertiary alicyclic amines) is 1. The molecule has 8 nitrogen and oxygen atoms in total. The second-order valence-electron chi connectivity index (χ2n) is 4.62. The first-order valence-corrected chi connectivity index (χ1v) is 6.35. The number of aliphatic hydroxyl groups excluding tert-OH is 1. The maximum Gasteiger partial charge on any atom is 0.326 e. The third-order valence-electron chi connectivity index (χ3n) is 3.21. The molecule has 2 rings (SSSR count). The average Bonchev–Trinajstić information content (AvgIpc) is 2.80. The lowest BCUT2D eigenvalue weighted by Gasteiger charge is -2.21. The predicted octanol–water partition coefficient (Wildman–Crippen LogP) is 0.908. The molecule has 0 saturated carbocycles. The Morgan fingerprint density at radius 2 is 2.10 bits per heavy atom. The lowest BCUT2D eigenvalue weighted by molar-refractivity contribution is -0.384. The molecule has 0 unspecified atom stereocenters. The van der Waals surface area contributed by atoms with Crippen LogP contribution in [0.2, 0.25) is 5.02 Å². The van der Waals surface area contributed by atoms with Crippen LogP contribution in [-0.2, 0) is 4.79 Å². The highest BCUT2D eigenvalue weighted by atomic mass is 35.5. The molecule has 0 aliphatic carbocycles. The lowest BCUT2D eigenvalue weighted by atomic mass is 10.1. The minimum atomic E-state index is -1.23. The van der Waals surface area contributed by atoms with Crippen molar-refractivity contribution in [2.75, 3.05) is 6.54 Å². The fourth-order valence-electron chi connectivity index (χ4n) is 2.22. The van der Waals surface area contributed by atoms with Crippen LogP contribution in [-0.4, -0.2) is 50.6 Å². The minimum Gasteiger partial charge on any atom is -0.480 e. The van der Waals surface area contributed by atoms with E-state index in [2.05, 4.69) is 0 Å². The molecule has 1 fully saturated rings. The van der Waals surface area contributed by atoms with Gasteiger partial charge in [-0.05, 0) is 12.1 Å². The van der Waals surface area contributed by atoms with E-state index in [1.165, 1.54) is 12.1 Å². The molecule has 1 aromatic rings. The number of carbonyl (C=O) groups excluding carboxylic acids is 1. The Morgan fingerprint density at radius 1 is 1.43 bits per heavy atom. The molecule has 1 saturated heterocycles. The van der Waals surface area contributed by atoms with Crippen molar-refractivity contribution < 1.29 is 24.7 Å². The zero-order valence-electron chi connectivity index (χ0n) is 10.6. The number of nitrogens with zero attached hydrogens (tertiary/aromatic N) is 2. The molecule has 112 valence electrons. The first-order valence-electron chi connectivity index (χ1n) is 5.97. The number of hydrogen-bond donors (Lipinski definition) is 2. The van der Waals surface area contributed by atoms with Crippen LogP contribution in [0.5, 0.6) is 0 Å². The van der Waals surface area contributed by atoms with Crippen LogP contribution in [0.15, 0.2) is 18.2 Å². The van der Waals surface area contributed by atoms with Gasteiger partial charge in [0.05, 0.1) is 11.0 Å². The van der Waals surface area contributed by atoms with E-state index >= 15 is 0 Å². The van der Waals surface area contributed by atoms with Crippen molar-refractivity contribution in [2.45, 2.75) is 18.6 Å². The summed E-state index contributed by atoms with van der Waals surface area (Å²) in [6.45, 7) is -0.133. The van der Waals surface area contributed by atoms with Gasteiger partial charge < -0.3 is 15.1 Å². The molecule has 0 radical (unpaired) electrons. The molecule has 1 aromatic carbocycles. The number of carboxylic acids is 1. The molecule has 0 aromatic heterocycles. The fourth-order valence-corrected chi connectivity index (χ4v) is 2.41. The van der Waals surface area contributed by atoms with E-state index in [-0.39, 0.29) is 23.6 Å². The normalized spacial score (nSPS) is 21.3. The van der Waals surface area contributed by atoms with Gasteiger partial charge in [-0.25, -0.2) is 4.79 Å². The molecule has 21 heavy (non-hydrogen) atoms. The summed E-state index contributed by atoms with van der Waals surface area (Å²) in [4.78, 5) is 34.4. The number of halogens is 1. The fraction of sp³-hybridized carbons (Fsp3) is 0.333. The second-order valence-corrected chi connectivity index (χ2v) is 5.03. The number of β-amino-alcohol motifs (C(OH)–C–C–N with tert-alkyl or cyclic N) is 1. The Bertz CT molecular complexity index is 620. The number of carboxylic acid groups (broad SMARTS) is 1. The predicted molar refractivity (Wildman–Crippen MR) is 71.2 cm³/mol. The Labute approximate surface area is 123 Å². The molecule has 1 aliphatic rings. The number of hydrogen-bond acceptors (Lipinski definition) is 5. The van der Waals surface area contributed by atoms with Crippen LogP contribution < -0.4 is 0 Å². The Balaban J connectivity index is 2.33. The van der Waals surface area contributed by atoms with Gasteiger partial charge in [-0.15, -0.1) is 0 Å². The minimum absolute atomic E-state index is 0.0496. The first kappa shape index (κ1) is 15.2. The summed E-state index contributed by atoms with van der Waals surface area (Å²) in [5, 5.41) is 29.3. The number of amides is 1. The van der Waals surface area contributed by atoms with Crippen molar-refractivity contribution in [3.63, 3.8) is 0 Å². The van der Waals surface area contributed by atoms with Gasteiger partial charge in [-0.1, -0.05) is 11.6 Å². The number of aliphatic hydroxyl groups is 1. The largest absolute Gasteiger partial charge is 0.480 e. The molecule has 2 N–H and O–H groups in total. The zero-order chi connectivity index (χ0) is 15.7. The van der Waals surface area contributed by atoms with Crippen molar-refractivity contribution in [3.8, 4) is 0 Å². The standard InChI is InChI=1S/C12H11ClN2O6/c13-8-2-1-6(3-9(8)15(20)21)11(17)14-5-7(16)4-10(14)12(18)19/h1-3,7,10,16H,4-5H2,(H,18,19)/t7-,10-/m1/s1. The third-order valence-corrected chi connectivity index (χ3v) is 3.53. The van der Waals surface area contributed by atoms with Crippen molar-refractivity contribution in [2.24, 2.45) is 0 Å². The number of benzene rings is 1. The monoisotopic (exact) mass is 314 g/mol. The summed E-state index contributed by atoms with van der Waals surface area (Å²) in [5.74, 6) is -1.93. The van der Waals surface area contributed by atoms with Gasteiger partial charge in [0.25, 0.3) is 11.6 Å². The van der Waals surface area contributed by atoms with Crippen LogP contribution in [0.4, 0.5) is 5.69 Å². The summed E-state index contributed by atoms with van der Waals surface area (Å²) >= 11 is 5.66.